The number of nitrogens with zero attached hydrogens (tertiary/aromatic N) is 3. The second-order valence-corrected chi connectivity index (χ2v) is 12.5. The lowest BCUT2D eigenvalue weighted by atomic mass is 9.80. The molecule has 2 aromatic rings. The van der Waals surface area contributed by atoms with Crippen molar-refractivity contribution in [3.8, 4) is 5.75 Å². The van der Waals surface area contributed by atoms with Gasteiger partial charge in [-0.05, 0) is 86.7 Å². The molecule has 42 heavy (non-hydrogen) atoms. The molecule has 226 valence electrons. The van der Waals surface area contributed by atoms with Gasteiger partial charge in [0.25, 0.3) is 11.8 Å². The van der Waals surface area contributed by atoms with E-state index in [1.54, 1.807) is 24.3 Å². The van der Waals surface area contributed by atoms with Gasteiger partial charge in [0.05, 0.1) is 30.9 Å². The molecule has 2 aliphatic carbocycles. The number of hydrogen-bond acceptors (Lipinski definition) is 6. The molecule has 0 radical (unpaired) electrons. The Morgan fingerprint density at radius 3 is 2.26 bits per heavy atom. The van der Waals surface area contributed by atoms with Crippen LogP contribution in [0.4, 0.5) is 0 Å². The van der Waals surface area contributed by atoms with Crippen molar-refractivity contribution in [3.05, 3.63) is 64.7 Å². The van der Waals surface area contributed by atoms with Crippen molar-refractivity contribution in [2.45, 2.75) is 76.2 Å². The summed E-state index contributed by atoms with van der Waals surface area (Å²) in [4.78, 5) is 31.8. The molecule has 2 fully saturated rings. The molecule has 1 saturated carbocycles. The second kappa shape index (κ2) is 14.2. The number of hydrogen-bond donors (Lipinski definition) is 0. The molecule has 7 heteroatoms. The molecule has 7 nitrogen and oxygen atoms in total. The fourth-order valence-corrected chi connectivity index (χ4v) is 7.62. The number of amides is 2. The fourth-order valence-electron chi connectivity index (χ4n) is 7.62. The summed E-state index contributed by atoms with van der Waals surface area (Å²) in [6, 6.07) is 14.4. The predicted molar refractivity (Wildman–Crippen MR) is 164 cm³/mol. The van der Waals surface area contributed by atoms with Crippen molar-refractivity contribution in [1.29, 1.82) is 0 Å². The third-order valence-electron chi connectivity index (χ3n) is 9.94. The van der Waals surface area contributed by atoms with Crippen molar-refractivity contribution < 1.29 is 19.1 Å². The lowest BCUT2D eigenvalue weighted by molar-refractivity contribution is 0.0527. The van der Waals surface area contributed by atoms with Gasteiger partial charge in [0.1, 0.15) is 12.4 Å². The van der Waals surface area contributed by atoms with Crippen LogP contribution in [0.2, 0.25) is 0 Å². The Labute approximate surface area is 251 Å². The van der Waals surface area contributed by atoms with Crippen LogP contribution >= 0.6 is 0 Å². The Kier molecular flexibility index (Phi) is 9.89. The van der Waals surface area contributed by atoms with E-state index in [1.807, 2.05) is 0 Å². The molecule has 2 amide bonds. The Balaban J connectivity index is 0.907. The summed E-state index contributed by atoms with van der Waals surface area (Å²) < 4.78 is 11.9. The molecule has 0 bridgehead atoms. The van der Waals surface area contributed by atoms with E-state index in [2.05, 4.69) is 28.0 Å². The van der Waals surface area contributed by atoms with Crippen molar-refractivity contribution in [2.24, 2.45) is 0 Å². The molecule has 0 spiro atoms. The number of carbonyl (C=O) groups excluding carboxylic acids is 2. The Bertz CT molecular complexity index is 1180. The molecule has 0 N–H and O–H groups in total. The summed E-state index contributed by atoms with van der Waals surface area (Å²) in [5.41, 5.74) is 3.81. The molecule has 4 aliphatic rings. The molecule has 2 aromatic carbocycles. The van der Waals surface area contributed by atoms with Gasteiger partial charge in [-0.15, -0.1) is 0 Å². The highest BCUT2D eigenvalue weighted by Crippen LogP contribution is 2.39. The summed E-state index contributed by atoms with van der Waals surface area (Å²) >= 11 is 0. The number of piperazine rings is 1. The van der Waals surface area contributed by atoms with Crippen LogP contribution in [0.1, 0.15) is 95.5 Å². The van der Waals surface area contributed by atoms with E-state index in [-0.39, 0.29) is 18.4 Å². The van der Waals surface area contributed by atoms with Gasteiger partial charge in [0.15, 0.2) is 0 Å². The second-order valence-electron chi connectivity index (χ2n) is 12.5. The summed E-state index contributed by atoms with van der Waals surface area (Å²) in [6.45, 7) is 7.63. The van der Waals surface area contributed by atoms with Crippen molar-refractivity contribution >= 4 is 11.8 Å². The zero-order valence-electron chi connectivity index (χ0n) is 25.1. The number of benzene rings is 2. The van der Waals surface area contributed by atoms with E-state index >= 15 is 0 Å². The SMILES string of the molecule is O=C1c2ccccc2C(=O)N1CCOCCOc1cccc2c1CCCC2CCCN1CCN(C2CCCCC2)CC1. The van der Waals surface area contributed by atoms with Gasteiger partial charge in [0, 0.05) is 32.2 Å². The minimum atomic E-state index is -0.238. The first-order valence-corrected chi connectivity index (χ1v) is 16.4. The minimum Gasteiger partial charge on any atom is -0.491 e. The summed E-state index contributed by atoms with van der Waals surface area (Å²) in [6.07, 6.45) is 13.2. The third-order valence-corrected chi connectivity index (χ3v) is 9.94. The molecule has 1 unspecified atom stereocenters. The molecule has 0 aromatic heterocycles. The van der Waals surface area contributed by atoms with Crippen molar-refractivity contribution in [3.63, 3.8) is 0 Å². The number of carbonyl (C=O) groups is 2. The van der Waals surface area contributed by atoms with Crippen molar-refractivity contribution in [1.82, 2.24) is 14.7 Å². The number of ether oxygens (including phenoxy) is 2. The molecule has 2 heterocycles. The van der Waals surface area contributed by atoms with E-state index in [1.165, 1.54) is 107 Å². The fraction of sp³-hybridized carbons (Fsp3) is 0.600. The average molecular weight is 574 g/mol. The number of imide groups is 1. The Hall–Kier alpha value is -2.74. The van der Waals surface area contributed by atoms with Crippen LogP contribution in [-0.4, -0.2) is 91.6 Å². The van der Waals surface area contributed by atoms with E-state index in [9.17, 15) is 9.59 Å². The van der Waals surface area contributed by atoms with E-state index in [4.69, 9.17) is 9.47 Å². The van der Waals surface area contributed by atoms with Crippen molar-refractivity contribution in [2.75, 3.05) is 59.1 Å². The lowest BCUT2D eigenvalue weighted by Crippen LogP contribution is -2.50. The van der Waals surface area contributed by atoms with Gasteiger partial charge in [-0.2, -0.15) is 0 Å². The van der Waals surface area contributed by atoms with Gasteiger partial charge < -0.3 is 14.4 Å². The van der Waals surface area contributed by atoms with Gasteiger partial charge in [-0.3, -0.25) is 19.4 Å². The molecule has 1 saturated heterocycles. The first-order valence-electron chi connectivity index (χ1n) is 16.4. The van der Waals surface area contributed by atoms with E-state index in [0.717, 1.165) is 18.2 Å². The van der Waals surface area contributed by atoms with Crippen LogP contribution in [0.25, 0.3) is 0 Å². The highest BCUT2D eigenvalue weighted by Gasteiger charge is 2.34. The van der Waals surface area contributed by atoms with Gasteiger partial charge in [-0.1, -0.05) is 43.5 Å². The smallest absolute Gasteiger partial charge is 0.261 e. The minimum absolute atomic E-state index is 0.238. The van der Waals surface area contributed by atoms with E-state index < -0.39 is 0 Å². The summed E-state index contributed by atoms with van der Waals surface area (Å²) in [5, 5.41) is 0. The first-order chi connectivity index (χ1) is 20.7. The summed E-state index contributed by atoms with van der Waals surface area (Å²) in [7, 11) is 0. The van der Waals surface area contributed by atoms with Crippen LogP contribution in [0.5, 0.6) is 5.75 Å². The quantitative estimate of drug-likeness (QED) is 0.246. The van der Waals surface area contributed by atoms with Crippen LogP contribution in [0.15, 0.2) is 42.5 Å². The Morgan fingerprint density at radius 1 is 0.738 bits per heavy atom. The topological polar surface area (TPSA) is 62.3 Å². The normalized spacial score (nSPS) is 21.9. The predicted octanol–water partition coefficient (Wildman–Crippen LogP) is 5.53. The van der Waals surface area contributed by atoms with Gasteiger partial charge in [0.2, 0.25) is 0 Å². The third kappa shape index (κ3) is 6.74. The van der Waals surface area contributed by atoms with Gasteiger partial charge >= 0.3 is 0 Å². The molecule has 6 rings (SSSR count). The largest absolute Gasteiger partial charge is 0.491 e. The van der Waals surface area contributed by atoms with Gasteiger partial charge in [-0.25, -0.2) is 0 Å². The lowest BCUT2D eigenvalue weighted by Gasteiger charge is -2.41. The molecule has 2 aliphatic heterocycles. The highest BCUT2D eigenvalue weighted by atomic mass is 16.5. The molecule has 1 atom stereocenters. The monoisotopic (exact) mass is 573 g/mol. The highest BCUT2D eigenvalue weighted by molar-refractivity contribution is 6.21. The zero-order valence-corrected chi connectivity index (χ0v) is 25.1. The van der Waals surface area contributed by atoms with Crippen LogP contribution in [-0.2, 0) is 11.2 Å². The summed E-state index contributed by atoms with van der Waals surface area (Å²) in [5.74, 6) is 1.13. The molecular weight excluding hydrogens is 526 g/mol. The Morgan fingerprint density at radius 2 is 1.50 bits per heavy atom. The maximum Gasteiger partial charge on any atom is 0.261 e. The number of fused-ring (bicyclic) bond motifs is 2. The maximum absolute atomic E-state index is 12.5. The zero-order chi connectivity index (χ0) is 28.7. The first kappa shape index (κ1) is 29.3. The average Bonchev–Trinajstić information content (AvgIpc) is 3.28. The molecular formula is C35H47N3O4. The van der Waals surface area contributed by atoms with Crippen LogP contribution in [0.3, 0.4) is 0 Å². The standard InChI is InChI=1S/C35H47N3O4/c39-34-31-13-4-5-14-32(31)35(40)38(34)23-24-41-25-26-42-33-17-7-15-29-27(9-6-16-30(29)33)10-8-18-36-19-21-37(22-20-36)28-11-2-1-3-12-28/h4-5,7,13-15,17,27-28H,1-3,6,8-12,16,18-26H2. The van der Waals surface area contributed by atoms with Crippen LogP contribution in [0, 0.1) is 0 Å². The van der Waals surface area contributed by atoms with E-state index in [0.29, 0.717) is 36.9 Å². The number of rotatable bonds is 12. The maximum atomic E-state index is 12.5. The van der Waals surface area contributed by atoms with Crippen LogP contribution < -0.4 is 4.74 Å².